The Labute approximate surface area is 226 Å². The van der Waals surface area contributed by atoms with Gasteiger partial charge in [0.25, 0.3) is 5.91 Å². The average Bonchev–Trinajstić information content (AvgIpc) is 2.95. The molecule has 0 aliphatic rings. The van der Waals surface area contributed by atoms with Gasteiger partial charge in [-0.25, -0.2) is 4.98 Å². The zero-order valence-corrected chi connectivity index (χ0v) is 22.5. The van der Waals surface area contributed by atoms with Crippen molar-refractivity contribution in [3.05, 3.63) is 108 Å². The van der Waals surface area contributed by atoms with Crippen molar-refractivity contribution >= 4 is 46.9 Å². The molecule has 2 heterocycles. The van der Waals surface area contributed by atoms with Crippen LogP contribution in [0.15, 0.2) is 97.1 Å². The molecule has 0 bridgehead atoms. The molecule has 0 saturated heterocycles. The van der Waals surface area contributed by atoms with E-state index in [0.29, 0.717) is 28.9 Å². The molecule has 0 aliphatic heterocycles. The van der Waals surface area contributed by atoms with Crippen LogP contribution in [0.2, 0.25) is 0 Å². The molecule has 2 N–H and O–H groups in total. The van der Waals surface area contributed by atoms with Crippen molar-refractivity contribution in [2.45, 2.75) is 26.4 Å². The van der Waals surface area contributed by atoms with E-state index in [1.165, 1.54) is 18.1 Å². The summed E-state index contributed by atoms with van der Waals surface area (Å²) >= 11 is 0. The van der Waals surface area contributed by atoms with Crippen molar-refractivity contribution in [2.24, 2.45) is 0 Å². The summed E-state index contributed by atoms with van der Waals surface area (Å²) in [5, 5.41) is 5.91. The first kappa shape index (κ1) is 26.4. The smallest absolute Gasteiger partial charge is 0.322 e. The maximum atomic E-state index is 12.9. The predicted molar refractivity (Wildman–Crippen MR) is 157 cm³/mol. The first-order valence-corrected chi connectivity index (χ1v) is 14.3. The third kappa shape index (κ3) is 6.13. The van der Waals surface area contributed by atoms with Crippen molar-refractivity contribution in [1.82, 2.24) is 9.97 Å². The number of anilines is 1. The number of benzene rings is 3. The second-order valence-electron chi connectivity index (χ2n) is 9.26. The third-order valence-electron chi connectivity index (χ3n) is 6.41. The van der Waals surface area contributed by atoms with Gasteiger partial charge in [-0.2, -0.15) is 0 Å². The highest BCUT2D eigenvalue weighted by atomic mass is 31.2. The lowest BCUT2D eigenvalue weighted by molar-refractivity contribution is 0.102. The fourth-order valence-electron chi connectivity index (χ4n) is 4.32. The van der Waals surface area contributed by atoms with Gasteiger partial charge in [0.2, 0.25) is 0 Å². The average molecular weight is 538 g/mol. The van der Waals surface area contributed by atoms with Gasteiger partial charge in [0.05, 0.1) is 22.9 Å². The highest BCUT2D eigenvalue weighted by molar-refractivity contribution is 7.56. The third-order valence-corrected chi connectivity index (χ3v) is 7.60. The summed E-state index contributed by atoms with van der Waals surface area (Å²) in [6.45, 7) is 3.65. The fourth-order valence-corrected chi connectivity index (χ4v) is 5.40. The molecule has 0 spiro atoms. The Morgan fingerprint density at radius 1 is 1.03 bits per heavy atom. The van der Waals surface area contributed by atoms with Crippen LogP contribution in [0.4, 0.5) is 5.69 Å². The lowest BCUT2D eigenvalue weighted by atomic mass is 9.95. The number of fused-ring (bicyclic) bond motifs is 2. The molecule has 0 aliphatic carbocycles. The van der Waals surface area contributed by atoms with Gasteiger partial charge in [-0.05, 0) is 66.1 Å². The summed E-state index contributed by atoms with van der Waals surface area (Å²) in [5.74, 6) is 0.909. The number of pyridine rings is 2. The first-order chi connectivity index (χ1) is 18.8. The SMILES string of the molecule is CCC(C)OP(=O)(O)C=Cc1ccc2cc(NC(=O)c3cccnc3)cc(-c3cccc4ccccc34)c2n1. The molecule has 0 radical (unpaired) electrons. The number of nitrogens with one attached hydrogen (secondary N) is 1. The molecule has 0 fully saturated rings. The van der Waals surface area contributed by atoms with Crippen LogP contribution in [0.3, 0.4) is 0 Å². The number of carbonyl (C=O) groups is 1. The van der Waals surface area contributed by atoms with Crippen LogP contribution in [0.5, 0.6) is 0 Å². The van der Waals surface area contributed by atoms with Crippen molar-refractivity contribution in [1.29, 1.82) is 0 Å². The highest BCUT2D eigenvalue weighted by Crippen LogP contribution is 2.46. The minimum absolute atomic E-state index is 0.265. The lowest BCUT2D eigenvalue weighted by Crippen LogP contribution is -2.12. The van der Waals surface area contributed by atoms with E-state index in [2.05, 4.69) is 16.4 Å². The van der Waals surface area contributed by atoms with Gasteiger partial charge in [0.1, 0.15) is 0 Å². The number of aromatic nitrogens is 2. The van der Waals surface area contributed by atoms with Gasteiger partial charge in [-0.1, -0.05) is 55.5 Å². The van der Waals surface area contributed by atoms with E-state index in [0.717, 1.165) is 27.3 Å². The van der Waals surface area contributed by atoms with Gasteiger partial charge in [-0.3, -0.25) is 14.3 Å². The topological polar surface area (TPSA) is 101 Å². The largest absolute Gasteiger partial charge is 0.351 e. The van der Waals surface area contributed by atoms with Crippen LogP contribution < -0.4 is 5.32 Å². The molecule has 196 valence electrons. The van der Waals surface area contributed by atoms with E-state index in [-0.39, 0.29) is 12.0 Å². The summed E-state index contributed by atoms with van der Waals surface area (Å²) in [6.07, 6.45) is 4.93. The van der Waals surface area contributed by atoms with Gasteiger partial charge in [0, 0.05) is 34.8 Å². The number of rotatable bonds is 8. The summed E-state index contributed by atoms with van der Waals surface area (Å²) in [5.41, 5.74) is 4.06. The molecular weight excluding hydrogens is 509 g/mol. The van der Waals surface area contributed by atoms with Gasteiger partial charge >= 0.3 is 7.60 Å². The Morgan fingerprint density at radius 3 is 2.64 bits per heavy atom. The summed E-state index contributed by atoms with van der Waals surface area (Å²) in [7, 11) is -3.92. The van der Waals surface area contributed by atoms with E-state index < -0.39 is 7.60 Å². The number of hydrogen-bond acceptors (Lipinski definition) is 5. The zero-order chi connectivity index (χ0) is 27.4. The molecule has 8 heteroatoms. The van der Waals surface area contributed by atoms with Crippen LogP contribution in [-0.4, -0.2) is 26.9 Å². The monoisotopic (exact) mass is 537 g/mol. The Balaban J connectivity index is 1.62. The van der Waals surface area contributed by atoms with Crippen molar-refractivity contribution in [3.63, 3.8) is 0 Å². The number of carbonyl (C=O) groups excluding carboxylic acids is 1. The maximum Gasteiger partial charge on any atom is 0.351 e. The van der Waals surface area contributed by atoms with Gasteiger partial charge in [0.15, 0.2) is 0 Å². The Bertz CT molecular complexity index is 1730. The minimum Gasteiger partial charge on any atom is -0.322 e. The van der Waals surface area contributed by atoms with Gasteiger partial charge in [-0.15, -0.1) is 0 Å². The predicted octanol–water partition coefficient (Wildman–Crippen LogP) is 7.67. The molecule has 3 aromatic carbocycles. The molecule has 5 rings (SSSR count). The van der Waals surface area contributed by atoms with E-state index in [4.69, 9.17) is 9.51 Å². The zero-order valence-electron chi connectivity index (χ0n) is 21.6. The van der Waals surface area contributed by atoms with Crippen LogP contribution >= 0.6 is 7.60 Å². The van der Waals surface area contributed by atoms with Crippen LogP contribution in [0.25, 0.3) is 38.9 Å². The Hall–Kier alpha value is -4.16. The minimum atomic E-state index is -3.92. The molecule has 0 saturated carbocycles. The van der Waals surface area contributed by atoms with E-state index in [9.17, 15) is 14.3 Å². The first-order valence-electron chi connectivity index (χ1n) is 12.7. The molecule has 2 aromatic heterocycles. The lowest BCUT2D eigenvalue weighted by Gasteiger charge is -2.14. The van der Waals surface area contributed by atoms with Crippen LogP contribution in [0.1, 0.15) is 36.3 Å². The molecule has 2 atom stereocenters. The van der Waals surface area contributed by atoms with Crippen LogP contribution in [0, 0.1) is 0 Å². The van der Waals surface area contributed by atoms with Crippen molar-refractivity contribution in [2.75, 3.05) is 5.32 Å². The maximum absolute atomic E-state index is 12.9. The van der Waals surface area contributed by atoms with Crippen LogP contribution in [-0.2, 0) is 9.09 Å². The van der Waals surface area contributed by atoms with Gasteiger partial charge < -0.3 is 14.7 Å². The molecule has 2 unspecified atom stereocenters. The second-order valence-corrected chi connectivity index (χ2v) is 10.9. The van der Waals surface area contributed by atoms with E-state index >= 15 is 0 Å². The molecule has 7 nitrogen and oxygen atoms in total. The number of nitrogens with zero attached hydrogens (tertiary/aromatic N) is 2. The molecular formula is C31H28N3O4P. The summed E-state index contributed by atoms with van der Waals surface area (Å²) in [6, 6.07) is 25.0. The molecule has 5 aromatic rings. The number of hydrogen-bond donors (Lipinski definition) is 2. The number of amides is 1. The highest BCUT2D eigenvalue weighted by Gasteiger charge is 2.18. The standard InChI is InChI=1S/C31H28N3O4P/c1-3-21(2)38-39(36,37)17-15-25-14-13-23-18-26(34-31(35)24-10-7-16-32-20-24)19-29(30(23)33-25)28-12-6-9-22-8-4-5-11-27(22)28/h4-21H,3H2,1-2H3,(H,34,35)(H,36,37). The molecule has 39 heavy (non-hydrogen) atoms. The summed E-state index contributed by atoms with van der Waals surface area (Å²) < 4.78 is 17.8. The second kappa shape index (κ2) is 11.3. The Morgan fingerprint density at radius 2 is 1.85 bits per heavy atom. The molecule has 1 amide bonds. The normalized spacial score (nSPS) is 13.9. The summed E-state index contributed by atoms with van der Waals surface area (Å²) in [4.78, 5) is 32.0. The fraction of sp³-hybridized carbons (Fsp3) is 0.129. The van der Waals surface area contributed by atoms with Crippen molar-refractivity contribution in [3.8, 4) is 11.1 Å². The van der Waals surface area contributed by atoms with Crippen molar-refractivity contribution < 1.29 is 18.8 Å². The van der Waals surface area contributed by atoms with E-state index in [1.54, 1.807) is 31.3 Å². The van der Waals surface area contributed by atoms with E-state index in [1.807, 2.05) is 61.5 Å². The Kier molecular flexibility index (Phi) is 7.66. The quantitative estimate of drug-likeness (QED) is 0.197.